The van der Waals surface area contributed by atoms with E-state index in [-0.39, 0.29) is 12.2 Å². The molecule has 0 bridgehead atoms. The molecule has 1 N–H and O–H groups in total. The SMILES string of the molecule is CCOc1cc(-c2cc(C(F)(F)F)[nH]c(=O)n2)ccc1C(F)(F)F. The highest BCUT2D eigenvalue weighted by Crippen LogP contribution is 2.38. The lowest BCUT2D eigenvalue weighted by molar-refractivity contribution is -0.141. The largest absolute Gasteiger partial charge is 0.493 e. The normalized spacial score (nSPS) is 12.3. The Hall–Kier alpha value is -2.52. The molecule has 0 saturated carbocycles. The van der Waals surface area contributed by atoms with Crippen LogP contribution in [0.3, 0.4) is 0 Å². The molecule has 10 heteroatoms. The summed E-state index contributed by atoms with van der Waals surface area (Å²) in [5, 5.41) is 0. The van der Waals surface area contributed by atoms with Gasteiger partial charge in [-0.2, -0.15) is 31.3 Å². The van der Waals surface area contributed by atoms with Crippen molar-refractivity contribution < 1.29 is 31.1 Å². The second-order valence-corrected chi connectivity index (χ2v) is 4.62. The Balaban J connectivity index is 2.60. The van der Waals surface area contributed by atoms with Crippen LogP contribution < -0.4 is 10.4 Å². The van der Waals surface area contributed by atoms with Gasteiger partial charge in [0.15, 0.2) is 0 Å². The van der Waals surface area contributed by atoms with Gasteiger partial charge in [-0.25, -0.2) is 4.79 Å². The average Bonchev–Trinajstić information content (AvgIpc) is 2.45. The first-order valence-corrected chi connectivity index (χ1v) is 6.55. The average molecular weight is 352 g/mol. The number of hydrogen-bond acceptors (Lipinski definition) is 3. The van der Waals surface area contributed by atoms with E-state index in [0.717, 1.165) is 12.1 Å². The molecule has 0 amide bonds. The lowest BCUT2D eigenvalue weighted by Crippen LogP contribution is -2.19. The van der Waals surface area contributed by atoms with E-state index in [2.05, 4.69) is 4.98 Å². The predicted octanol–water partition coefficient (Wildman–Crippen LogP) is 3.87. The molecule has 4 nitrogen and oxygen atoms in total. The van der Waals surface area contributed by atoms with E-state index in [4.69, 9.17) is 4.74 Å². The molecule has 130 valence electrons. The summed E-state index contributed by atoms with van der Waals surface area (Å²) in [5.74, 6) is -0.557. The molecule has 0 aliphatic carbocycles. The highest BCUT2D eigenvalue weighted by molar-refractivity contribution is 5.63. The number of aromatic nitrogens is 2. The Bertz CT molecular complexity index is 795. The number of alkyl halides is 6. The molecule has 0 aliphatic rings. The Morgan fingerprint density at radius 3 is 2.29 bits per heavy atom. The van der Waals surface area contributed by atoms with Gasteiger partial charge in [-0.1, -0.05) is 6.07 Å². The Kier molecular flexibility index (Phi) is 4.59. The molecule has 0 unspecified atom stereocenters. The molecule has 1 aromatic heterocycles. The number of rotatable bonds is 3. The Labute approximate surface area is 131 Å². The molecule has 1 aromatic carbocycles. The molecule has 0 atom stereocenters. The van der Waals surface area contributed by atoms with Gasteiger partial charge in [-0.3, -0.25) is 0 Å². The first-order valence-electron chi connectivity index (χ1n) is 6.55. The summed E-state index contributed by atoms with van der Waals surface area (Å²) < 4.78 is 81.7. The van der Waals surface area contributed by atoms with Gasteiger partial charge in [0.25, 0.3) is 0 Å². The molecule has 2 rings (SSSR count). The number of nitrogens with one attached hydrogen (secondary N) is 1. The highest BCUT2D eigenvalue weighted by Gasteiger charge is 2.35. The van der Waals surface area contributed by atoms with E-state index < -0.39 is 40.7 Å². The molecule has 0 spiro atoms. The van der Waals surface area contributed by atoms with Crippen LogP contribution in [0, 0.1) is 0 Å². The number of aromatic amines is 1. The van der Waals surface area contributed by atoms with E-state index in [1.54, 1.807) is 0 Å². The zero-order chi connectivity index (χ0) is 18.1. The van der Waals surface area contributed by atoms with Gasteiger partial charge in [0.1, 0.15) is 11.4 Å². The molecule has 0 fully saturated rings. The van der Waals surface area contributed by atoms with Crippen molar-refractivity contribution in [3.05, 3.63) is 46.0 Å². The van der Waals surface area contributed by atoms with Crippen LogP contribution >= 0.6 is 0 Å². The number of halogens is 6. The summed E-state index contributed by atoms with van der Waals surface area (Å²) in [6, 6.07) is 3.03. The molecule has 24 heavy (non-hydrogen) atoms. The van der Waals surface area contributed by atoms with Gasteiger partial charge in [-0.05, 0) is 25.1 Å². The van der Waals surface area contributed by atoms with Crippen molar-refractivity contribution in [2.45, 2.75) is 19.3 Å². The van der Waals surface area contributed by atoms with E-state index in [9.17, 15) is 31.1 Å². The molecule has 0 saturated heterocycles. The van der Waals surface area contributed by atoms with Crippen molar-refractivity contribution >= 4 is 0 Å². The highest BCUT2D eigenvalue weighted by atomic mass is 19.4. The van der Waals surface area contributed by atoms with E-state index in [1.165, 1.54) is 11.9 Å². The van der Waals surface area contributed by atoms with Crippen LogP contribution in [-0.2, 0) is 12.4 Å². The Morgan fingerprint density at radius 1 is 1.08 bits per heavy atom. The van der Waals surface area contributed by atoms with Crippen molar-refractivity contribution in [3.63, 3.8) is 0 Å². The Morgan fingerprint density at radius 2 is 1.75 bits per heavy atom. The summed E-state index contributed by atoms with van der Waals surface area (Å²) in [6.07, 6.45) is -9.52. The van der Waals surface area contributed by atoms with E-state index in [0.29, 0.717) is 12.1 Å². The zero-order valence-electron chi connectivity index (χ0n) is 12.0. The fraction of sp³-hybridized carbons (Fsp3) is 0.286. The van der Waals surface area contributed by atoms with Crippen LogP contribution in [0.5, 0.6) is 5.75 Å². The number of benzene rings is 1. The minimum atomic E-state index is -4.83. The summed E-state index contributed by atoms with van der Waals surface area (Å²) in [6.45, 7) is 1.38. The number of H-pyrrole nitrogens is 1. The van der Waals surface area contributed by atoms with Crippen molar-refractivity contribution in [1.29, 1.82) is 0 Å². The quantitative estimate of drug-likeness (QED) is 0.853. The topological polar surface area (TPSA) is 55.0 Å². The second kappa shape index (κ2) is 6.17. The van der Waals surface area contributed by atoms with Crippen LogP contribution in [0.15, 0.2) is 29.1 Å². The van der Waals surface area contributed by atoms with Gasteiger partial charge in [0.05, 0.1) is 17.9 Å². The second-order valence-electron chi connectivity index (χ2n) is 4.62. The summed E-state index contributed by atoms with van der Waals surface area (Å²) >= 11 is 0. The predicted molar refractivity (Wildman–Crippen MR) is 71.5 cm³/mol. The van der Waals surface area contributed by atoms with Gasteiger partial charge in [0.2, 0.25) is 0 Å². The summed E-state index contributed by atoms with van der Waals surface area (Å²) in [4.78, 5) is 16.2. The van der Waals surface area contributed by atoms with Crippen molar-refractivity contribution in [1.82, 2.24) is 9.97 Å². The minimum absolute atomic E-state index is 0.0802. The van der Waals surface area contributed by atoms with Crippen molar-refractivity contribution in [3.8, 4) is 17.0 Å². The van der Waals surface area contributed by atoms with Gasteiger partial charge < -0.3 is 9.72 Å². The first-order chi connectivity index (χ1) is 11.0. The van der Waals surface area contributed by atoms with E-state index in [1.807, 2.05) is 0 Å². The maximum absolute atomic E-state index is 12.9. The maximum atomic E-state index is 12.9. The smallest absolute Gasteiger partial charge is 0.431 e. The standard InChI is InChI=1S/C14H10F6N2O2/c1-2-24-10-5-7(3-4-8(10)13(15,16)17)9-6-11(14(18,19)20)22-12(23)21-9/h3-6H,2H2,1H3,(H,21,22,23). The fourth-order valence-corrected chi connectivity index (χ4v) is 1.95. The van der Waals surface area contributed by atoms with E-state index >= 15 is 0 Å². The fourth-order valence-electron chi connectivity index (χ4n) is 1.95. The first kappa shape index (κ1) is 17.8. The zero-order valence-corrected chi connectivity index (χ0v) is 12.0. The molecule has 0 radical (unpaired) electrons. The minimum Gasteiger partial charge on any atom is -0.493 e. The maximum Gasteiger partial charge on any atom is 0.431 e. The van der Waals surface area contributed by atoms with Crippen molar-refractivity contribution in [2.24, 2.45) is 0 Å². The molecular formula is C14H10F6N2O2. The number of hydrogen-bond donors (Lipinski definition) is 1. The summed E-state index contributed by atoms with van der Waals surface area (Å²) in [5.41, 5.74) is -4.22. The van der Waals surface area contributed by atoms with Gasteiger partial charge in [-0.15, -0.1) is 0 Å². The molecule has 1 heterocycles. The molecule has 0 aliphatic heterocycles. The third-order valence-corrected chi connectivity index (χ3v) is 2.93. The van der Waals surface area contributed by atoms with Crippen LogP contribution in [0.4, 0.5) is 26.3 Å². The lowest BCUT2D eigenvalue weighted by Gasteiger charge is -2.14. The number of ether oxygens (including phenoxy) is 1. The van der Waals surface area contributed by atoms with Crippen LogP contribution in [0.25, 0.3) is 11.3 Å². The van der Waals surface area contributed by atoms with Crippen molar-refractivity contribution in [2.75, 3.05) is 6.61 Å². The molecular weight excluding hydrogens is 342 g/mol. The lowest BCUT2D eigenvalue weighted by atomic mass is 10.1. The third kappa shape index (κ3) is 3.87. The molecule has 2 aromatic rings. The van der Waals surface area contributed by atoms with Crippen LogP contribution in [0.2, 0.25) is 0 Å². The van der Waals surface area contributed by atoms with Gasteiger partial charge >= 0.3 is 18.0 Å². The summed E-state index contributed by atoms with van der Waals surface area (Å²) in [7, 11) is 0. The van der Waals surface area contributed by atoms with Gasteiger partial charge in [0, 0.05) is 5.56 Å². The van der Waals surface area contributed by atoms with Crippen LogP contribution in [-0.4, -0.2) is 16.6 Å². The van der Waals surface area contributed by atoms with Crippen LogP contribution in [0.1, 0.15) is 18.2 Å². The number of nitrogens with zero attached hydrogens (tertiary/aromatic N) is 1. The third-order valence-electron chi connectivity index (χ3n) is 2.93. The monoisotopic (exact) mass is 352 g/mol.